The number of primary amides is 1. The Morgan fingerprint density at radius 3 is 2.45 bits per heavy atom. The summed E-state index contributed by atoms with van der Waals surface area (Å²) < 4.78 is 0. The van der Waals surface area contributed by atoms with E-state index in [1.807, 2.05) is 18.3 Å². The fourth-order valence-corrected chi connectivity index (χ4v) is 2.55. The fourth-order valence-electron chi connectivity index (χ4n) is 2.55. The summed E-state index contributed by atoms with van der Waals surface area (Å²) in [6, 6.07) is 11.5. The van der Waals surface area contributed by atoms with Crippen molar-refractivity contribution in [2.24, 2.45) is 5.73 Å². The minimum Gasteiger partial charge on any atom is -0.366 e. The van der Waals surface area contributed by atoms with Crippen LogP contribution in [0.15, 0.2) is 42.6 Å². The van der Waals surface area contributed by atoms with Gasteiger partial charge >= 0.3 is 0 Å². The van der Waals surface area contributed by atoms with Crippen LogP contribution in [0.25, 0.3) is 11.1 Å². The van der Waals surface area contributed by atoms with Gasteiger partial charge in [-0.05, 0) is 36.7 Å². The van der Waals surface area contributed by atoms with Crippen molar-refractivity contribution in [2.75, 3.05) is 13.1 Å². The van der Waals surface area contributed by atoms with E-state index in [9.17, 15) is 4.79 Å². The maximum atomic E-state index is 11.0. The van der Waals surface area contributed by atoms with E-state index in [4.69, 9.17) is 5.73 Å². The zero-order valence-corrected chi connectivity index (χ0v) is 11.2. The van der Waals surface area contributed by atoms with Crippen LogP contribution < -0.4 is 11.1 Å². The number of aromatic nitrogens is 1. The lowest BCUT2D eigenvalue weighted by Gasteiger charge is -2.08. The molecule has 1 atom stereocenters. The monoisotopic (exact) mass is 267 g/mol. The number of hydrogen-bond donors (Lipinski definition) is 2. The first-order valence-electron chi connectivity index (χ1n) is 6.81. The van der Waals surface area contributed by atoms with E-state index in [1.165, 1.54) is 0 Å². The number of carbonyl (C=O) groups excluding carboxylic acids is 1. The van der Waals surface area contributed by atoms with Crippen LogP contribution in [0.4, 0.5) is 0 Å². The summed E-state index contributed by atoms with van der Waals surface area (Å²) in [5.41, 5.74) is 9.00. The topological polar surface area (TPSA) is 68.0 Å². The number of amides is 1. The van der Waals surface area contributed by atoms with Gasteiger partial charge in [0.25, 0.3) is 0 Å². The van der Waals surface area contributed by atoms with Crippen molar-refractivity contribution >= 4 is 5.91 Å². The zero-order valence-electron chi connectivity index (χ0n) is 11.2. The number of nitrogens with zero attached hydrogens (tertiary/aromatic N) is 1. The molecule has 4 nitrogen and oxygen atoms in total. The number of nitrogens with two attached hydrogens (primary N) is 1. The molecule has 20 heavy (non-hydrogen) atoms. The first-order valence-corrected chi connectivity index (χ1v) is 6.81. The zero-order chi connectivity index (χ0) is 13.9. The Balaban J connectivity index is 1.81. The maximum Gasteiger partial charge on any atom is 0.248 e. The van der Waals surface area contributed by atoms with Gasteiger partial charge in [-0.15, -0.1) is 0 Å². The third-order valence-corrected chi connectivity index (χ3v) is 3.77. The highest BCUT2D eigenvalue weighted by Gasteiger charge is 2.17. The second-order valence-electron chi connectivity index (χ2n) is 5.10. The molecule has 1 amide bonds. The Bertz CT molecular complexity index is 599. The third kappa shape index (κ3) is 2.56. The Labute approximate surface area is 118 Å². The molecular formula is C16H17N3O. The smallest absolute Gasteiger partial charge is 0.248 e. The van der Waals surface area contributed by atoms with Gasteiger partial charge in [-0.25, -0.2) is 0 Å². The van der Waals surface area contributed by atoms with Gasteiger partial charge in [-0.2, -0.15) is 0 Å². The molecule has 1 aromatic carbocycles. The molecule has 3 N–H and O–H groups in total. The molecule has 0 saturated carbocycles. The summed E-state index contributed by atoms with van der Waals surface area (Å²) in [6.45, 7) is 2.09. The van der Waals surface area contributed by atoms with Gasteiger partial charge in [0.15, 0.2) is 0 Å². The highest BCUT2D eigenvalue weighted by Crippen LogP contribution is 2.24. The Morgan fingerprint density at radius 2 is 1.90 bits per heavy atom. The minimum atomic E-state index is -0.404. The molecule has 4 heteroatoms. The number of rotatable bonds is 3. The summed E-state index contributed by atoms with van der Waals surface area (Å²) in [4.78, 5) is 15.6. The molecule has 1 saturated heterocycles. The van der Waals surface area contributed by atoms with Crippen LogP contribution >= 0.6 is 0 Å². The quantitative estimate of drug-likeness (QED) is 0.892. The molecule has 3 rings (SSSR count). The van der Waals surface area contributed by atoms with Crippen molar-refractivity contribution in [1.29, 1.82) is 0 Å². The molecule has 2 heterocycles. The number of benzene rings is 1. The predicted octanol–water partition coefficient (Wildman–Crippen LogP) is 1.92. The van der Waals surface area contributed by atoms with Crippen LogP contribution in [0.5, 0.6) is 0 Å². The van der Waals surface area contributed by atoms with Gasteiger partial charge in [-0.3, -0.25) is 9.78 Å². The van der Waals surface area contributed by atoms with Crippen LogP contribution in [0, 0.1) is 0 Å². The highest BCUT2D eigenvalue weighted by molar-refractivity contribution is 5.93. The Morgan fingerprint density at radius 1 is 1.15 bits per heavy atom. The van der Waals surface area contributed by atoms with Crippen molar-refractivity contribution < 1.29 is 4.79 Å². The first kappa shape index (κ1) is 12.8. The van der Waals surface area contributed by atoms with E-state index in [2.05, 4.69) is 22.4 Å². The summed E-state index contributed by atoms with van der Waals surface area (Å²) in [5, 5.41) is 3.35. The van der Waals surface area contributed by atoms with E-state index in [0.29, 0.717) is 11.5 Å². The molecule has 0 aliphatic carbocycles. The first-order chi connectivity index (χ1) is 9.74. The van der Waals surface area contributed by atoms with Gasteiger partial charge in [0, 0.05) is 35.5 Å². The van der Waals surface area contributed by atoms with Crippen molar-refractivity contribution in [3.05, 3.63) is 53.9 Å². The summed E-state index contributed by atoms with van der Waals surface area (Å²) in [5.74, 6) is 0.125. The molecule has 1 aromatic heterocycles. The third-order valence-electron chi connectivity index (χ3n) is 3.77. The Kier molecular flexibility index (Phi) is 3.48. The van der Waals surface area contributed by atoms with Crippen LogP contribution in [0.2, 0.25) is 0 Å². The molecule has 1 aliphatic heterocycles. The molecule has 1 unspecified atom stereocenters. The van der Waals surface area contributed by atoms with E-state index >= 15 is 0 Å². The second kappa shape index (κ2) is 5.43. The lowest BCUT2D eigenvalue weighted by Crippen LogP contribution is -2.10. The number of pyridine rings is 1. The summed E-state index contributed by atoms with van der Waals surface area (Å²) in [7, 11) is 0. The minimum absolute atomic E-state index is 0.404. The Hall–Kier alpha value is -2.20. The van der Waals surface area contributed by atoms with E-state index < -0.39 is 5.91 Å². The molecule has 102 valence electrons. The van der Waals surface area contributed by atoms with E-state index in [1.54, 1.807) is 12.1 Å². The average Bonchev–Trinajstić information content (AvgIpc) is 3.02. The van der Waals surface area contributed by atoms with E-state index in [0.717, 1.165) is 36.3 Å². The molecule has 0 bridgehead atoms. The molecule has 0 spiro atoms. The SMILES string of the molecule is NC(=O)c1ccc(-c2ccc(C3CCNC3)nc2)cc1. The molecular weight excluding hydrogens is 250 g/mol. The van der Waals surface area contributed by atoms with Crippen LogP contribution in [-0.4, -0.2) is 24.0 Å². The summed E-state index contributed by atoms with van der Waals surface area (Å²) >= 11 is 0. The lowest BCUT2D eigenvalue weighted by atomic mass is 10.0. The molecule has 0 radical (unpaired) electrons. The molecule has 1 fully saturated rings. The van der Waals surface area contributed by atoms with Crippen molar-refractivity contribution in [3.63, 3.8) is 0 Å². The number of hydrogen-bond acceptors (Lipinski definition) is 3. The fraction of sp³-hybridized carbons (Fsp3) is 0.250. The van der Waals surface area contributed by atoms with Crippen LogP contribution in [0.1, 0.15) is 28.4 Å². The van der Waals surface area contributed by atoms with E-state index in [-0.39, 0.29) is 0 Å². The molecule has 1 aliphatic rings. The average molecular weight is 267 g/mol. The van der Waals surface area contributed by atoms with Crippen LogP contribution in [-0.2, 0) is 0 Å². The van der Waals surface area contributed by atoms with Gasteiger partial charge in [0.2, 0.25) is 5.91 Å². The standard InChI is InChI=1S/C16H17N3O/c17-16(20)12-3-1-11(2-4-12)13-5-6-15(19-10-13)14-7-8-18-9-14/h1-6,10,14,18H,7-9H2,(H2,17,20). The highest BCUT2D eigenvalue weighted by atomic mass is 16.1. The maximum absolute atomic E-state index is 11.0. The van der Waals surface area contributed by atoms with Gasteiger partial charge in [-0.1, -0.05) is 18.2 Å². The largest absolute Gasteiger partial charge is 0.366 e. The lowest BCUT2D eigenvalue weighted by molar-refractivity contribution is 0.100. The van der Waals surface area contributed by atoms with Crippen molar-refractivity contribution in [2.45, 2.75) is 12.3 Å². The molecule has 2 aromatic rings. The van der Waals surface area contributed by atoms with Gasteiger partial charge in [0.05, 0.1) is 0 Å². The van der Waals surface area contributed by atoms with Gasteiger partial charge < -0.3 is 11.1 Å². The predicted molar refractivity (Wildman–Crippen MR) is 78.4 cm³/mol. The summed E-state index contributed by atoms with van der Waals surface area (Å²) in [6.07, 6.45) is 3.05. The second-order valence-corrected chi connectivity index (χ2v) is 5.10. The van der Waals surface area contributed by atoms with Crippen molar-refractivity contribution in [1.82, 2.24) is 10.3 Å². The van der Waals surface area contributed by atoms with Crippen LogP contribution in [0.3, 0.4) is 0 Å². The van der Waals surface area contributed by atoms with Crippen molar-refractivity contribution in [3.8, 4) is 11.1 Å². The number of nitrogens with one attached hydrogen (secondary N) is 1. The van der Waals surface area contributed by atoms with Gasteiger partial charge in [0.1, 0.15) is 0 Å². The normalized spacial score (nSPS) is 18.1. The number of carbonyl (C=O) groups is 1.